The summed E-state index contributed by atoms with van der Waals surface area (Å²) in [6, 6.07) is 0.245. The second-order valence-electron chi connectivity index (χ2n) is 4.14. The topological polar surface area (TPSA) is 92.3 Å². The van der Waals surface area contributed by atoms with Gasteiger partial charge in [-0.25, -0.2) is 0 Å². The molecule has 0 radical (unpaired) electrons. The second kappa shape index (κ2) is 6.17. The Kier molecular flexibility index (Phi) is 4.32. The average Bonchev–Trinajstić information content (AvgIpc) is 2.44. The Balaban J connectivity index is 2.20. The molecular weight excluding hydrogens is 248 g/mol. The third-order valence-electron chi connectivity index (χ3n) is 2.64. The van der Waals surface area contributed by atoms with Crippen LogP contribution in [-0.4, -0.2) is 54.1 Å². The summed E-state index contributed by atoms with van der Waals surface area (Å²) in [5.74, 6) is 0.892. The van der Waals surface area contributed by atoms with E-state index in [9.17, 15) is 4.79 Å². The molecule has 0 aliphatic carbocycles. The molecular formula is C11H18N6O2. The minimum Gasteiger partial charge on any atom is -0.467 e. The molecule has 1 aliphatic rings. The Labute approximate surface area is 111 Å². The predicted octanol–water partition coefficient (Wildman–Crippen LogP) is -0.362. The lowest BCUT2D eigenvalue weighted by Gasteiger charge is -2.26. The molecule has 1 aliphatic heterocycles. The SMILES string of the molecule is CCCNc1nc(OC)nc(N2CCNC(=O)C2)n1. The molecule has 104 valence electrons. The average molecular weight is 266 g/mol. The lowest BCUT2D eigenvalue weighted by Crippen LogP contribution is -2.48. The van der Waals surface area contributed by atoms with Crippen molar-refractivity contribution in [2.24, 2.45) is 0 Å². The summed E-state index contributed by atoms with van der Waals surface area (Å²) in [7, 11) is 1.51. The number of nitrogens with zero attached hydrogens (tertiary/aromatic N) is 4. The Bertz CT molecular complexity index is 453. The molecule has 1 amide bonds. The van der Waals surface area contributed by atoms with Crippen molar-refractivity contribution >= 4 is 17.8 Å². The van der Waals surface area contributed by atoms with E-state index in [-0.39, 0.29) is 18.5 Å². The Hall–Kier alpha value is -2.12. The van der Waals surface area contributed by atoms with Crippen molar-refractivity contribution in [2.45, 2.75) is 13.3 Å². The number of hydrogen-bond acceptors (Lipinski definition) is 7. The highest BCUT2D eigenvalue weighted by Crippen LogP contribution is 2.15. The standard InChI is InChI=1S/C11H18N6O2/c1-3-4-13-9-14-10(16-11(15-9)19-2)17-6-5-12-8(18)7-17/h3-7H2,1-2H3,(H,12,18)(H,13,14,15,16). The molecule has 0 saturated carbocycles. The fraction of sp³-hybridized carbons (Fsp3) is 0.636. The minimum absolute atomic E-state index is 0.0336. The largest absolute Gasteiger partial charge is 0.467 e. The zero-order valence-corrected chi connectivity index (χ0v) is 11.1. The molecule has 1 fully saturated rings. The highest BCUT2D eigenvalue weighted by Gasteiger charge is 2.20. The van der Waals surface area contributed by atoms with E-state index in [1.54, 1.807) is 4.90 Å². The van der Waals surface area contributed by atoms with Gasteiger partial charge in [0, 0.05) is 19.6 Å². The number of aromatic nitrogens is 3. The van der Waals surface area contributed by atoms with Crippen LogP contribution in [0.1, 0.15) is 13.3 Å². The van der Waals surface area contributed by atoms with E-state index < -0.39 is 0 Å². The van der Waals surface area contributed by atoms with Crippen LogP contribution in [-0.2, 0) is 4.79 Å². The van der Waals surface area contributed by atoms with Crippen LogP contribution in [0.15, 0.2) is 0 Å². The first-order valence-electron chi connectivity index (χ1n) is 6.28. The summed E-state index contributed by atoms with van der Waals surface area (Å²) in [6.07, 6.45) is 0.968. The van der Waals surface area contributed by atoms with Crippen molar-refractivity contribution < 1.29 is 9.53 Å². The molecule has 2 heterocycles. The summed E-state index contributed by atoms with van der Waals surface area (Å²) in [6.45, 7) is 4.34. The van der Waals surface area contributed by atoms with Gasteiger partial charge in [0.2, 0.25) is 17.8 Å². The maximum atomic E-state index is 11.4. The Morgan fingerprint density at radius 2 is 2.26 bits per heavy atom. The first kappa shape index (κ1) is 13.3. The maximum Gasteiger partial charge on any atom is 0.322 e. The molecule has 0 bridgehead atoms. The van der Waals surface area contributed by atoms with Crippen LogP contribution in [0.25, 0.3) is 0 Å². The van der Waals surface area contributed by atoms with E-state index in [4.69, 9.17) is 4.74 Å². The number of nitrogens with one attached hydrogen (secondary N) is 2. The number of piperazine rings is 1. The first-order chi connectivity index (χ1) is 9.22. The zero-order valence-electron chi connectivity index (χ0n) is 11.1. The van der Waals surface area contributed by atoms with Crippen molar-refractivity contribution in [1.29, 1.82) is 0 Å². The van der Waals surface area contributed by atoms with Crippen LogP contribution in [0.4, 0.5) is 11.9 Å². The van der Waals surface area contributed by atoms with Gasteiger partial charge in [0.25, 0.3) is 0 Å². The van der Waals surface area contributed by atoms with Gasteiger partial charge in [0.1, 0.15) is 0 Å². The summed E-state index contributed by atoms with van der Waals surface area (Å²) < 4.78 is 5.06. The van der Waals surface area contributed by atoms with Gasteiger partial charge in [-0.15, -0.1) is 0 Å². The molecule has 8 heteroatoms. The van der Waals surface area contributed by atoms with Gasteiger partial charge in [-0.2, -0.15) is 15.0 Å². The number of hydrogen-bond donors (Lipinski definition) is 2. The summed E-state index contributed by atoms with van der Waals surface area (Å²) in [4.78, 5) is 25.8. The van der Waals surface area contributed by atoms with Crippen LogP contribution in [0.5, 0.6) is 6.01 Å². The number of ether oxygens (including phenoxy) is 1. The van der Waals surface area contributed by atoms with Gasteiger partial charge in [-0.1, -0.05) is 6.92 Å². The van der Waals surface area contributed by atoms with E-state index >= 15 is 0 Å². The first-order valence-corrected chi connectivity index (χ1v) is 6.28. The number of carbonyl (C=O) groups excluding carboxylic acids is 1. The molecule has 1 aromatic heterocycles. The normalized spacial score (nSPS) is 15.1. The van der Waals surface area contributed by atoms with Gasteiger partial charge in [-0.3, -0.25) is 4.79 Å². The molecule has 8 nitrogen and oxygen atoms in total. The van der Waals surface area contributed by atoms with Crippen molar-refractivity contribution in [3.63, 3.8) is 0 Å². The number of anilines is 2. The van der Waals surface area contributed by atoms with Crippen molar-refractivity contribution in [1.82, 2.24) is 20.3 Å². The van der Waals surface area contributed by atoms with Crippen molar-refractivity contribution in [3.8, 4) is 6.01 Å². The van der Waals surface area contributed by atoms with Crippen LogP contribution < -0.4 is 20.3 Å². The highest BCUT2D eigenvalue weighted by molar-refractivity contribution is 5.81. The van der Waals surface area contributed by atoms with E-state index in [0.29, 0.717) is 25.0 Å². The van der Waals surface area contributed by atoms with Gasteiger partial charge in [-0.05, 0) is 6.42 Å². The predicted molar refractivity (Wildman–Crippen MR) is 70.4 cm³/mol. The fourth-order valence-corrected chi connectivity index (χ4v) is 1.70. The Morgan fingerprint density at radius 3 is 2.95 bits per heavy atom. The quantitative estimate of drug-likeness (QED) is 0.751. The van der Waals surface area contributed by atoms with Gasteiger partial charge in [0.05, 0.1) is 13.7 Å². The molecule has 19 heavy (non-hydrogen) atoms. The highest BCUT2D eigenvalue weighted by atomic mass is 16.5. The lowest BCUT2D eigenvalue weighted by atomic mass is 10.4. The van der Waals surface area contributed by atoms with Crippen LogP contribution >= 0.6 is 0 Å². The van der Waals surface area contributed by atoms with Gasteiger partial charge < -0.3 is 20.3 Å². The second-order valence-corrected chi connectivity index (χ2v) is 4.14. The van der Waals surface area contributed by atoms with Gasteiger partial charge >= 0.3 is 6.01 Å². The molecule has 2 N–H and O–H groups in total. The smallest absolute Gasteiger partial charge is 0.322 e. The molecule has 1 saturated heterocycles. The van der Waals surface area contributed by atoms with Crippen molar-refractivity contribution in [3.05, 3.63) is 0 Å². The van der Waals surface area contributed by atoms with Crippen molar-refractivity contribution in [2.75, 3.05) is 43.5 Å². The molecule has 0 atom stereocenters. The molecule has 0 spiro atoms. The summed E-state index contributed by atoms with van der Waals surface area (Å²) >= 11 is 0. The van der Waals surface area contributed by atoms with Gasteiger partial charge in [0.15, 0.2) is 0 Å². The maximum absolute atomic E-state index is 11.4. The number of amides is 1. The molecule has 0 aromatic carbocycles. The van der Waals surface area contributed by atoms with E-state index in [1.807, 2.05) is 0 Å². The third kappa shape index (κ3) is 3.43. The molecule has 2 rings (SSSR count). The lowest BCUT2D eigenvalue weighted by molar-refractivity contribution is -0.120. The molecule has 1 aromatic rings. The van der Waals surface area contributed by atoms with E-state index in [1.165, 1.54) is 7.11 Å². The Morgan fingerprint density at radius 1 is 1.42 bits per heavy atom. The van der Waals surface area contributed by atoms with Crippen LogP contribution in [0.2, 0.25) is 0 Å². The van der Waals surface area contributed by atoms with Crippen LogP contribution in [0, 0.1) is 0 Å². The summed E-state index contributed by atoms with van der Waals surface area (Å²) in [5.41, 5.74) is 0. The van der Waals surface area contributed by atoms with E-state index in [2.05, 4.69) is 32.5 Å². The zero-order chi connectivity index (χ0) is 13.7. The third-order valence-corrected chi connectivity index (χ3v) is 2.64. The number of methoxy groups -OCH3 is 1. The minimum atomic E-state index is -0.0336. The van der Waals surface area contributed by atoms with E-state index in [0.717, 1.165) is 13.0 Å². The van der Waals surface area contributed by atoms with Crippen LogP contribution in [0.3, 0.4) is 0 Å². The summed E-state index contributed by atoms with van der Waals surface area (Å²) in [5, 5.41) is 5.85. The number of carbonyl (C=O) groups is 1. The monoisotopic (exact) mass is 266 g/mol. The number of rotatable bonds is 5. The fourth-order valence-electron chi connectivity index (χ4n) is 1.70. The molecule has 0 unspecified atom stereocenters.